The molecule has 0 saturated heterocycles. The lowest BCUT2D eigenvalue weighted by molar-refractivity contribution is 0.288. The summed E-state index contributed by atoms with van der Waals surface area (Å²) in [5.74, 6) is 1.59. The van der Waals surface area contributed by atoms with Gasteiger partial charge in [-0.3, -0.25) is 0 Å². The topological polar surface area (TPSA) is 30.5 Å². The second-order valence-corrected chi connectivity index (χ2v) is 4.19. The van der Waals surface area contributed by atoms with Crippen LogP contribution >= 0.6 is 0 Å². The number of benzene rings is 1. The summed E-state index contributed by atoms with van der Waals surface area (Å²) >= 11 is 0. The van der Waals surface area contributed by atoms with Crippen molar-refractivity contribution in [3.63, 3.8) is 0 Å². The van der Waals surface area contributed by atoms with Crippen LogP contribution in [0.1, 0.15) is 27.7 Å². The largest absolute Gasteiger partial charge is 0.490 e. The zero-order valence-corrected chi connectivity index (χ0v) is 11.7. The van der Waals surface area contributed by atoms with Crippen molar-refractivity contribution < 1.29 is 9.47 Å². The maximum atomic E-state index is 5.58. The summed E-state index contributed by atoms with van der Waals surface area (Å²) in [6.07, 6.45) is 2.15. The van der Waals surface area contributed by atoms with Gasteiger partial charge in [0.05, 0.1) is 13.2 Å². The van der Waals surface area contributed by atoms with Crippen LogP contribution in [-0.4, -0.2) is 19.8 Å². The molecule has 1 N–H and O–H groups in total. The Kier molecular flexibility index (Phi) is 6.12. The number of allylic oxidation sites excluding steroid dienone is 1. The van der Waals surface area contributed by atoms with Gasteiger partial charge in [-0.15, -0.1) is 0 Å². The van der Waals surface area contributed by atoms with E-state index in [9.17, 15) is 0 Å². The van der Waals surface area contributed by atoms with Crippen molar-refractivity contribution in [2.24, 2.45) is 0 Å². The van der Waals surface area contributed by atoms with Crippen LogP contribution < -0.4 is 14.8 Å². The molecule has 0 aliphatic rings. The van der Waals surface area contributed by atoms with E-state index >= 15 is 0 Å². The van der Waals surface area contributed by atoms with Crippen molar-refractivity contribution in [1.82, 2.24) is 0 Å². The zero-order valence-electron chi connectivity index (χ0n) is 11.7. The fraction of sp³-hybridized carbons (Fsp3) is 0.467. The molecule has 1 aromatic rings. The van der Waals surface area contributed by atoms with Crippen molar-refractivity contribution in [1.29, 1.82) is 0 Å². The van der Waals surface area contributed by atoms with Gasteiger partial charge in [-0.2, -0.15) is 0 Å². The molecule has 0 amide bonds. The highest BCUT2D eigenvalue weighted by molar-refractivity contribution is 5.55. The summed E-state index contributed by atoms with van der Waals surface area (Å²) in [7, 11) is 0. The smallest absolute Gasteiger partial charge is 0.163 e. The first-order valence-corrected chi connectivity index (χ1v) is 6.44. The molecule has 18 heavy (non-hydrogen) atoms. The fourth-order valence-electron chi connectivity index (χ4n) is 1.53. The van der Waals surface area contributed by atoms with Crippen LogP contribution in [0.5, 0.6) is 11.5 Å². The molecule has 0 aliphatic carbocycles. The maximum Gasteiger partial charge on any atom is 0.163 e. The van der Waals surface area contributed by atoms with Gasteiger partial charge in [0.1, 0.15) is 0 Å². The number of anilines is 1. The van der Waals surface area contributed by atoms with E-state index in [1.165, 1.54) is 5.57 Å². The third kappa shape index (κ3) is 4.70. The molecule has 0 aliphatic heterocycles. The van der Waals surface area contributed by atoms with Crippen LogP contribution in [0.4, 0.5) is 5.69 Å². The highest BCUT2D eigenvalue weighted by Crippen LogP contribution is 2.30. The number of rotatable bonds is 7. The Hall–Kier alpha value is -1.64. The molecule has 0 fully saturated rings. The Morgan fingerprint density at radius 3 is 2.39 bits per heavy atom. The summed E-state index contributed by atoms with van der Waals surface area (Å²) < 4.78 is 11.1. The molecule has 0 bridgehead atoms. The second kappa shape index (κ2) is 7.64. The van der Waals surface area contributed by atoms with Crippen LogP contribution in [0.25, 0.3) is 0 Å². The van der Waals surface area contributed by atoms with Gasteiger partial charge in [0.2, 0.25) is 0 Å². The predicted octanol–water partition coefficient (Wildman–Crippen LogP) is 3.86. The summed E-state index contributed by atoms with van der Waals surface area (Å²) in [5.41, 5.74) is 2.35. The standard InChI is InChI=1S/C15H23NO2/c1-5-17-14-8-7-13(11-15(14)18-6-2)16-10-9-12(3)4/h7-9,11,16H,5-6,10H2,1-4H3. The summed E-state index contributed by atoms with van der Waals surface area (Å²) in [5, 5.41) is 3.33. The van der Waals surface area contributed by atoms with Gasteiger partial charge < -0.3 is 14.8 Å². The van der Waals surface area contributed by atoms with Crippen LogP contribution in [0.15, 0.2) is 29.8 Å². The van der Waals surface area contributed by atoms with Gasteiger partial charge in [0.15, 0.2) is 11.5 Å². The van der Waals surface area contributed by atoms with Crippen LogP contribution in [0, 0.1) is 0 Å². The number of hydrogen-bond donors (Lipinski definition) is 1. The van der Waals surface area contributed by atoms with Crippen molar-refractivity contribution in [2.45, 2.75) is 27.7 Å². The first kappa shape index (κ1) is 14.4. The molecule has 1 rings (SSSR count). The van der Waals surface area contributed by atoms with Gasteiger partial charge in [0.25, 0.3) is 0 Å². The predicted molar refractivity (Wildman–Crippen MR) is 76.7 cm³/mol. The molecule has 0 unspecified atom stereocenters. The molecule has 0 atom stereocenters. The lowest BCUT2D eigenvalue weighted by Crippen LogP contribution is -2.02. The lowest BCUT2D eigenvalue weighted by atomic mass is 10.2. The van der Waals surface area contributed by atoms with E-state index in [-0.39, 0.29) is 0 Å². The maximum absolute atomic E-state index is 5.58. The van der Waals surface area contributed by atoms with Crippen molar-refractivity contribution >= 4 is 5.69 Å². The Morgan fingerprint density at radius 1 is 1.11 bits per heavy atom. The molecule has 100 valence electrons. The van der Waals surface area contributed by atoms with Crippen LogP contribution in [0.3, 0.4) is 0 Å². The molecular formula is C15H23NO2. The molecule has 0 aromatic heterocycles. The van der Waals surface area contributed by atoms with E-state index in [2.05, 4.69) is 25.2 Å². The van der Waals surface area contributed by atoms with E-state index in [0.717, 1.165) is 23.7 Å². The first-order chi connectivity index (χ1) is 8.67. The highest BCUT2D eigenvalue weighted by Gasteiger charge is 2.05. The average molecular weight is 249 g/mol. The molecule has 0 spiro atoms. The summed E-state index contributed by atoms with van der Waals surface area (Å²) in [6.45, 7) is 10.2. The Morgan fingerprint density at radius 2 is 1.78 bits per heavy atom. The van der Waals surface area contributed by atoms with E-state index in [0.29, 0.717) is 13.2 Å². The van der Waals surface area contributed by atoms with E-state index in [1.807, 2.05) is 32.0 Å². The van der Waals surface area contributed by atoms with Gasteiger partial charge in [-0.25, -0.2) is 0 Å². The molecule has 0 saturated carbocycles. The average Bonchev–Trinajstić information content (AvgIpc) is 2.32. The Labute approximate surface area is 110 Å². The summed E-state index contributed by atoms with van der Waals surface area (Å²) in [4.78, 5) is 0. The number of hydrogen-bond acceptors (Lipinski definition) is 3. The molecule has 1 aromatic carbocycles. The Bertz CT molecular complexity index is 395. The minimum Gasteiger partial charge on any atom is -0.490 e. The second-order valence-electron chi connectivity index (χ2n) is 4.19. The molecule has 0 radical (unpaired) electrons. The van der Waals surface area contributed by atoms with Gasteiger partial charge >= 0.3 is 0 Å². The number of nitrogens with one attached hydrogen (secondary N) is 1. The van der Waals surface area contributed by atoms with Crippen LogP contribution in [-0.2, 0) is 0 Å². The van der Waals surface area contributed by atoms with Gasteiger partial charge in [0, 0.05) is 18.3 Å². The SMILES string of the molecule is CCOc1ccc(NCC=C(C)C)cc1OCC. The van der Waals surface area contributed by atoms with Crippen LogP contribution in [0.2, 0.25) is 0 Å². The third-order valence-electron chi connectivity index (χ3n) is 2.36. The highest BCUT2D eigenvalue weighted by atomic mass is 16.5. The zero-order chi connectivity index (χ0) is 13.4. The lowest BCUT2D eigenvalue weighted by Gasteiger charge is -2.13. The molecule has 0 heterocycles. The summed E-state index contributed by atoms with van der Waals surface area (Å²) in [6, 6.07) is 5.93. The molecular weight excluding hydrogens is 226 g/mol. The third-order valence-corrected chi connectivity index (χ3v) is 2.36. The van der Waals surface area contributed by atoms with E-state index in [4.69, 9.17) is 9.47 Å². The molecule has 3 nitrogen and oxygen atoms in total. The first-order valence-electron chi connectivity index (χ1n) is 6.44. The van der Waals surface area contributed by atoms with Gasteiger partial charge in [-0.1, -0.05) is 11.6 Å². The minimum absolute atomic E-state index is 0.636. The minimum atomic E-state index is 0.636. The monoisotopic (exact) mass is 249 g/mol. The van der Waals surface area contributed by atoms with Crippen molar-refractivity contribution in [2.75, 3.05) is 25.1 Å². The van der Waals surface area contributed by atoms with Gasteiger partial charge in [-0.05, 0) is 39.8 Å². The van der Waals surface area contributed by atoms with E-state index in [1.54, 1.807) is 0 Å². The fourth-order valence-corrected chi connectivity index (χ4v) is 1.53. The normalized spacial score (nSPS) is 9.78. The Balaban J connectivity index is 2.75. The quantitative estimate of drug-likeness (QED) is 0.744. The van der Waals surface area contributed by atoms with Crippen molar-refractivity contribution in [3.8, 4) is 11.5 Å². The molecule has 3 heteroatoms. The number of ether oxygens (including phenoxy) is 2. The van der Waals surface area contributed by atoms with Crippen molar-refractivity contribution in [3.05, 3.63) is 29.8 Å². The van der Waals surface area contributed by atoms with E-state index < -0.39 is 0 Å².